The maximum Gasteiger partial charge on any atom is 0.336 e. The number of sulfonamides is 1. The maximum atomic E-state index is 12.8. The van der Waals surface area contributed by atoms with Gasteiger partial charge in [0.2, 0.25) is 10.0 Å². The van der Waals surface area contributed by atoms with Crippen molar-refractivity contribution in [3.05, 3.63) is 40.8 Å². The third-order valence-corrected chi connectivity index (χ3v) is 7.33. The number of hydrogen-bond donors (Lipinski definition) is 1. The molecule has 0 spiro atoms. The summed E-state index contributed by atoms with van der Waals surface area (Å²) in [6, 6.07) is 7.57. The second kappa shape index (κ2) is 6.41. The van der Waals surface area contributed by atoms with Crippen molar-refractivity contribution in [1.29, 1.82) is 0 Å². The van der Waals surface area contributed by atoms with Gasteiger partial charge in [0.05, 0.1) is 17.6 Å². The Hall–Kier alpha value is -1.74. The molecule has 1 N–H and O–H groups in total. The molecular formula is C19H22N2O5S. The fourth-order valence-corrected chi connectivity index (χ4v) is 5.52. The molecule has 3 fully saturated rings. The summed E-state index contributed by atoms with van der Waals surface area (Å²) in [5.74, 6) is 0.694. The molecule has 144 valence electrons. The molecule has 0 radical (unpaired) electrons. The summed E-state index contributed by atoms with van der Waals surface area (Å²) in [7, 11) is -3.64. The minimum absolute atomic E-state index is 0.119. The van der Waals surface area contributed by atoms with E-state index in [1.54, 1.807) is 6.07 Å². The zero-order valence-electron chi connectivity index (χ0n) is 14.8. The number of fused-ring (bicyclic) bond motifs is 2. The van der Waals surface area contributed by atoms with E-state index in [1.165, 1.54) is 37.1 Å². The van der Waals surface area contributed by atoms with Gasteiger partial charge in [0.15, 0.2) is 0 Å². The van der Waals surface area contributed by atoms with E-state index in [-0.39, 0.29) is 10.9 Å². The molecule has 3 aliphatic rings. The molecule has 1 saturated carbocycles. The third kappa shape index (κ3) is 3.42. The predicted molar refractivity (Wildman–Crippen MR) is 99.0 cm³/mol. The number of nitrogens with zero attached hydrogens (tertiary/aromatic N) is 1. The topological polar surface area (TPSA) is 88.8 Å². The van der Waals surface area contributed by atoms with Gasteiger partial charge in [0.25, 0.3) is 0 Å². The summed E-state index contributed by atoms with van der Waals surface area (Å²) in [6.45, 7) is 2.32. The Morgan fingerprint density at radius 1 is 1.11 bits per heavy atom. The SMILES string of the molecule is O=c1ccc2cc(S(=O)(=O)N[C@@H]3C[C@H]4CO[C@H](C5CC5)CN4C3)ccc2o1. The molecule has 2 aliphatic heterocycles. The lowest BCUT2D eigenvalue weighted by Crippen LogP contribution is -2.47. The highest BCUT2D eigenvalue weighted by Gasteiger charge is 2.43. The first-order valence-electron chi connectivity index (χ1n) is 9.40. The fraction of sp³-hybridized carbons (Fsp3) is 0.526. The van der Waals surface area contributed by atoms with Crippen LogP contribution in [-0.4, -0.2) is 51.2 Å². The van der Waals surface area contributed by atoms with Crippen LogP contribution in [-0.2, 0) is 14.8 Å². The smallest absolute Gasteiger partial charge is 0.336 e. The van der Waals surface area contributed by atoms with Crippen molar-refractivity contribution in [2.45, 2.75) is 42.3 Å². The average molecular weight is 390 g/mol. The molecule has 2 saturated heterocycles. The number of morpholine rings is 1. The molecule has 3 atom stereocenters. The van der Waals surface area contributed by atoms with Crippen molar-refractivity contribution in [1.82, 2.24) is 9.62 Å². The van der Waals surface area contributed by atoms with Crippen LogP contribution in [0.2, 0.25) is 0 Å². The van der Waals surface area contributed by atoms with E-state index in [9.17, 15) is 13.2 Å². The summed E-state index contributed by atoms with van der Waals surface area (Å²) in [4.78, 5) is 13.8. The number of hydrogen-bond acceptors (Lipinski definition) is 6. The number of ether oxygens (including phenoxy) is 1. The first-order chi connectivity index (χ1) is 13.0. The number of benzene rings is 1. The van der Waals surface area contributed by atoms with Crippen LogP contribution in [0.3, 0.4) is 0 Å². The largest absolute Gasteiger partial charge is 0.423 e. The van der Waals surface area contributed by atoms with Crippen LogP contribution in [0.4, 0.5) is 0 Å². The molecule has 1 aromatic heterocycles. The van der Waals surface area contributed by atoms with Crippen LogP contribution in [0.1, 0.15) is 19.3 Å². The second-order valence-electron chi connectivity index (χ2n) is 7.82. The van der Waals surface area contributed by atoms with Crippen molar-refractivity contribution in [3.8, 4) is 0 Å². The van der Waals surface area contributed by atoms with Crippen molar-refractivity contribution in [2.24, 2.45) is 5.92 Å². The number of rotatable bonds is 4. The molecule has 27 heavy (non-hydrogen) atoms. The third-order valence-electron chi connectivity index (χ3n) is 5.82. The van der Waals surface area contributed by atoms with Crippen molar-refractivity contribution in [3.63, 3.8) is 0 Å². The summed E-state index contributed by atoms with van der Waals surface area (Å²) in [6.07, 6.45) is 3.58. The highest BCUT2D eigenvalue weighted by Crippen LogP contribution is 2.38. The van der Waals surface area contributed by atoms with E-state index in [2.05, 4.69) is 9.62 Å². The van der Waals surface area contributed by atoms with Gasteiger partial charge in [-0.25, -0.2) is 17.9 Å². The lowest BCUT2D eigenvalue weighted by molar-refractivity contribution is -0.0581. The molecule has 7 nitrogen and oxygen atoms in total. The first kappa shape index (κ1) is 17.4. The van der Waals surface area contributed by atoms with Crippen molar-refractivity contribution < 1.29 is 17.6 Å². The van der Waals surface area contributed by atoms with Crippen molar-refractivity contribution in [2.75, 3.05) is 19.7 Å². The highest BCUT2D eigenvalue weighted by molar-refractivity contribution is 7.89. The second-order valence-corrected chi connectivity index (χ2v) is 9.54. The van der Waals surface area contributed by atoms with Gasteiger partial charge in [0, 0.05) is 36.6 Å². The van der Waals surface area contributed by atoms with Gasteiger partial charge < -0.3 is 9.15 Å². The van der Waals surface area contributed by atoms with Crippen LogP contribution in [0.5, 0.6) is 0 Å². The van der Waals surface area contributed by atoms with Crippen molar-refractivity contribution >= 4 is 21.0 Å². The molecule has 0 unspecified atom stereocenters. The Kier molecular flexibility index (Phi) is 4.12. The zero-order chi connectivity index (χ0) is 18.6. The van der Waals surface area contributed by atoms with Gasteiger partial charge in [-0.2, -0.15) is 0 Å². The van der Waals surface area contributed by atoms with Crippen LogP contribution < -0.4 is 10.3 Å². The van der Waals surface area contributed by atoms with E-state index >= 15 is 0 Å². The summed E-state index contributed by atoms with van der Waals surface area (Å²) in [5.41, 5.74) is -0.0757. The van der Waals surface area contributed by atoms with Crippen LogP contribution >= 0.6 is 0 Å². The maximum absolute atomic E-state index is 12.8. The average Bonchev–Trinajstić information content (AvgIpc) is 3.41. The Labute approximate surface area is 157 Å². The minimum Gasteiger partial charge on any atom is -0.423 e. The fourth-order valence-electron chi connectivity index (χ4n) is 4.24. The van der Waals surface area contributed by atoms with Crippen LogP contribution in [0, 0.1) is 5.92 Å². The molecular weight excluding hydrogens is 368 g/mol. The monoisotopic (exact) mass is 390 g/mol. The van der Waals surface area contributed by atoms with Gasteiger partial charge in [-0.3, -0.25) is 4.90 Å². The van der Waals surface area contributed by atoms with E-state index in [0.717, 1.165) is 19.5 Å². The van der Waals surface area contributed by atoms with Crippen LogP contribution in [0.15, 0.2) is 44.4 Å². The van der Waals surface area contributed by atoms with Gasteiger partial charge in [-0.15, -0.1) is 0 Å². The van der Waals surface area contributed by atoms with E-state index < -0.39 is 15.6 Å². The zero-order valence-corrected chi connectivity index (χ0v) is 15.7. The van der Waals surface area contributed by atoms with E-state index in [1.807, 2.05) is 0 Å². The quantitative estimate of drug-likeness (QED) is 0.792. The van der Waals surface area contributed by atoms with Gasteiger partial charge in [-0.1, -0.05) is 0 Å². The molecule has 2 aromatic rings. The lowest BCUT2D eigenvalue weighted by atomic mass is 10.1. The Balaban J connectivity index is 1.31. The first-order valence-corrected chi connectivity index (χ1v) is 10.9. The van der Waals surface area contributed by atoms with Gasteiger partial charge in [-0.05, 0) is 49.4 Å². The lowest BCUT2D eigenvalue weighted by Gasteiger charge is -2.35. The molecule has 5 rings (SSSR count). The molecule has 1 aliphatic carbocycles. The van der Waals surface area contributed by atoms with Crippen LogP contribution in [0.25, 0.3) is 11.0 Å². The Morgan fingerprint density at radius 2 is 1.96 bits per heavy atom. The van der Waals surface area contributed by atoms with E-state index in [0.29, 0.717) is 35.6 Å². The van der Waals surface area contributed by atoms with Gasteiger partial charge in [0.1, 0.15) is 5.58 Å². The Morgan fingerprint density at radius 3 is 2.78 bits per heavy atom. The summed E-state index contributed by atoms with van der Waals surface area (Å²) >= 11 is 0. The minimum atomic E-state index is -3.64. The molecule has 8 heteroatoms. The predicted octanol–water partition coefficient (Wildman–Crippen LogP) is 1.32. The highest BCUT2D eigenvalue weighted by atomic mass is 32.2. The molecule has 1 aromatic carbocycles. The standard InChI is InChI=1S/C19H22N2O5S/c22-19-6-3-13-7-16(4-5-17(13)26-19)27(23,24)20-14-8-15-11-25-18(12-1-2-12)10-21(15)9-14/h3-7,12,14-15,18,20H,1-2,8-11H2/t14-,15+,18+/m1/s1. The normalized spacial score (nSPS) is 29.1. The van der Waals surface area contributed by atoms with E-state index in [4.69, 9.17) is 9.15 Å². The molecule has 0 bridgehead atoms. The molecule has 3 heterocycles. The number of nitrogens with one attached hydrogen (secondary N) is 1. The van der Waals surface area contributed by atoms with Gasteiger partial charge >= 0.3 is 5.63 Å². The molecule has 0 amide bonds. The summed E-state index contributed by atoms with van der Waals surface area (Å²) < 4.78 is 39.6. The Bertz CT molecular complexity index is 1030. The summed E-state index contributed by atoms with van der Waals surface area (Å²) in [5, 5.41) is 0.585.